The number of nitrogens with one attached hydrogen (secondary N) is 1. The first-order chi connectivity index (χ1) is 9.55. The van der Waals surface area contributed by atoms with Crippen LogP contribution in [-0.2, 0) is 11.2 Å². The van der Waals surface area contributed by atoms with Crippen molar-refractivity contribution in [1.82, 2.24) is 5.32 Å². The van der Waals surface area contributed by atoms with Gasteiger partial charge in [0.25, 0.3) is 0 Å². The number of benzene rings is 1. The van der Waals surface area contributed by atoms with Gasteiger partial charge >= 0.3 is 0 Å². The topological polar surface area (TPSA) is 49.3 Å². The highest BCUT2D eigenvalue weighted by Gasteiger charge is 2.25. The van der Waals surface area contributed by atoms with E-state index in [1.54, 1.807) is 0 Å². The van der Waals surface area contributed by atoms with Crippen LogP contribution in [0.4, 0.5) is 0 Å². The molecule has 0 saturated heterocycles. The quantitative estimate of drug-likeness (QED) is 0.767. The summed E-state index contributed by atoms with van der Waals surface area (Å²) in [5, 5.41) is 12.2. The van der Waals surface area contributed by atoms with Gasteiger partial charge in [-0.05, 0) is 37.2 Å². The van der Waals surface area contributed by atoms with Gasteiger partial charge in [0.05, 0.1) is 6.42 Å². The SMILES string of the molecule is CCC(CC)(CCO)CNC(=O)Cc1ccc(C)cc1. The average molecular weight is 277 g/mol. The molecule has 3 heteroatoms. The number of carbonyl (C=O) groups excluding carboxylic acids is 1. The largest absolute Gasteiger partial charge is 0.396 e. The Labute approximate surface area is 122 Å². The van der Waals surface area contributed by atoms with Crippen LogP contribution in [0, 0.1) is 12.3 Å². The molecule has 0 aliphatic carbocycles. The van der Waals surface area contributed by atoms with Crippen molar-refractivity contribution in [3.63, 3.8) is 0 Å². The lowest BCUT2D eigenvalue weighted by molar-refractivity contribution is -0.121. The third kappa shape index (κ3) is 4.97. The summed E-state index contributed by atoms with van der Waals surface area (Å²) >= 11 is 0. The first kappa shape index (κ1) is 16.7. The molecular formula is C17H27NO2. The van der Waals surface area contributed by atoms with E-state index >= 15 is 0 Å². The summed E-state index contributed by atoms with van der Waals surface area (Å²) in [7, 11) is 0. The summed E-state index contributed by atoms with van der Waals surface area (Å²) in [6, 6.07) is 8.04. The van der Waals surface area contributed by atoms with Gasteiger partial charge in [0.2, 0.25) is 5.91 Å². The van der Waals surface area contributed by atoms with Crippen LogP contribution in [0.25, 0.3) is 0 Å². The molecule has 0 aromatic heterocycles. The molecule has 3 nitrogen and oxygen atoms in total. The summed E-state index contributed by atoms with van der Waals surface area (Å²) in [6.45, 7) is 7.09. The molecule has 0 fully saturated rings. The second-order valence-electron chi connectivity index (χ2n) is 5.62. The third-order valence-electron chi connectivity index (χ3n) is 4.29. The van der Waals surface area contributed by atoms with Gasteiger partial charge in [0, 0.05) is 13.2 Å². The van der Waals surface area contributed by atoms with Crippen LogP contribution >= 0.6 is 0 Å². The smallest absolute Gasteiger partial charge is 0.224 e. The molecule has 0 heterocycles. The summed E-state index contributed by atoms with van der Waals surface area (Å²) in [5.41, 5.74) is 2.26. The van der Waals surface area contributed by atoms with E-state index < -0.39 is 0 Å². The van der Waals surface area contributed by atoms with Gasteiger partial charge in [-0.3, -0.25) is 4.79 Å². The van der Waals surface area contributed by atoms with Crippen molar-refractivity contribution in [2.45, 2.75) is 46.5 Å². The number of rotatable bonds is 8. The third-order valence-corrected chi connectivity index (χ3v) is 4.29. The zero-order chi connectivity index (χ0) is 15.0. The van der Waals surface area contributed by atoms with E-state index in [-0.39, 0.29) is 17.9 Å². The van der Waals surface area contributed by atoms with E-state index in [4.69, 9.17) is 0 Å². The van der Waals surface area contributed by atoms with Crippen LogP contribution in [0.15, 0.2) is 24.3 Å². The Morgan fingerprint density at radius 3 is 2.30 bits per heavy atom. The van der Waals surface area contributed by atoms with Crippen LogP contribution < -0.4 is 5.32 Å². The number of aryl methyl sites for hydroxylation is 1. The molecule has 0 saturated carbocycles. The molecule has 0 radical (unpaired) electrons. The van der Waals surface area contributed by atoms with Crippen molar-refractivity contribution in [1.29, 1.82) is 0 Å². The molecule has 0 atom stereocenters. The molecule has 2 N–H and O–H groups in total. The molecule has 0 bridgehead atoms. The molecule has 1 aromatic rings. The van der Waals surface area contributed by atoms with E-state index in [2.05, 4.69) is 19.2 Å². The minimum atomic E-state index is 0.0255. The van der Waals surface area contributed by atoms with Crippen molar-refractivity contribution in [2.75, 3.05) is 13.2 Å². The second-order valence-corrected chi connectivity index (χ2v) is 5.62. The predicted molar refractivity (Wildman–Crippen MR) is 82.6 cm³/mol. The molecular weight excluding hydrogens is 250 g/mol. The lowest BCUT2D eigenvalue weighted by Gasteiger charge is -2.31. The fourth-order valence-corrected chi connectivity index (χ4v) is 2.42. The molecule has 1 aromatic carbocycles. The van der Waals surface area contributed by atoms with E-state index in [0.717, 1.165) is 24.8 Å². The van der Waals surface area contributed by atoms with Crippen molar-refractivity contribution in [3.05, 3.63) is 35.4 Å². The maximum Gasteiger partial charge on any atom is 0.224 e. The fraction of sp³-hybridized carbons (Fsp3) is 0.588. The molecule has 0 aliphatic heterocycles. The van der Waals surface area contributed by atoms with Gasteiger partial charge in [-0.25, -0.2) is 0 Å². The zero-order valence-corrected chi connectivity index (χ0v) is 12.9. The minimum Gasteiger partial charge on any atom is -0.396 e. The zero-order valence-electron chi connectivity index (χ0n) is 12.9. The van der Waals surface area contributed by atoms with Gasteiger partial charge in [-0.1, -0.05) is 43.7 Å². The Balaban J connectivity index is 2.51. The number of aliphatic hydroxyl groups is 1. The minimum absolute atomic E-state index is 0.0255. The Bertz CT molecular complexity index is 408. The number of carbonyl (C=O) groups is 1. The summed E-state index contributed by atoms with van der Waals surface area (Å²) in [4.78, 5) is 12.0. The van der Waals surface area contributed by atoms with E-state index in [1.807, 2.05) is 31.2 Å². The average Bonchev–Trinajstić information content (AvgIpc) is 2.46. The fourth-order valence-electron chi connectivity index (χ4n) is 2.42. The standard InChI is InChI=1S/C17H27NO2/c1-4-17(5-2,10-11-19)13-18-16(20)12-15-8-6-14(3)7-9-15/h6-9,19H,4-5,10-13H2,1-3H3,(H,18,20). The number of hydrogen-bond donors (Lipinski definition) is 2. The Hall–Kier alpha value is -1.35. The molecule has 1 rings (SSSR count). The molecule has 0 unspecified atom stereocenters. The lowest BCUT2D eigenvalue weighted by Crippen LogP contribution is -2.38. The van der Waals surface area contributed by atoms with Crippen LogP contribution in [0.1, 0.15) is 44.2 Å². The van der Waals surface area contributed by atoms with Crippen LogP contribution in [0.2, 0.25) is 0 Å². The van der Waals surface area contributed by atoms with Crippen LogP contribution in [0.5, 0.6) is 0 Å². The monoisotopic (exact) mass is 277 g/mol. The molecule has 0 spiro atoms. The molecule has 1 amide bonds. The maximum atomic E-state index is 12.0. The predicted octanol–water partition coefficient (Wildman–Crippen LogP) is 2.84. The van der Waals surface area contributed by atoms with Crippen molar-refractivity contribution >= 4 is 5.91 Å². The Morgan fingerprint density at radius 2 is 1.80 bits per heavy atom. The first-order valence-electron chi connectivity index (χ1n) is 7.48. The second kappa shape index (κ2) is 8.05. The van der Waals surface area contributed by atoms with Gasteiger partial charge in [0.1, 0.15) is 0 Å². The van der Waals surface area contributed by atoms with E-state index in [1.165, 1.54) is 5.56 Å². The van der Waals surface area contributed by atoms with Gasteiger partial charge in [-0.15, -0.1) is 0 Å². The van der Waals surface area contributed by atoms with Crippen molar-refractivity contribution in [3.8, 4) is 0 Å². The highest BCUT2D eigenvalue weighted by molar-refractivity contribution is 5.78. The molecule has 112 valence electrons. The first-order valence-corrected chi connectivity index (χ1v) is 7.48. The van der Waals surface area contributed by atoms with Crippen LogP contribution in [0.3, 0.4) is 0 Å². The highest BCUT2D eigenvalue weighted by Crippen LogP contribution is 2.29. The van der Waals surface area contributed by atoms with E-state index in [9.17, 15) is 9.90 Å². The highest BCUT2D eigenvalue weighted by atomic mass is 16.3. The Kier molecular flexibility index (Phi) is 6.73. The van der Waals surface area contributed by atoms with Gasteiger partial charge in [-0.2, -0.15) is 0 Å². The van der Waals surface area contributed by atoms with Gasteiger partial charge < -0.3 is 10.4 Å². The summed E-state index contributed by atoms with van der Waals surface area (Å²) < 4.78 is 0. The van der Waals surface area contributed by atoms with Crippen molar-refractivity contribution in [2.24, 2.45) is 5.41 Å². The summed E-state index contributed by atoms with van der Waals surface area (Å²) in [6.07, 6.45) is 3.09. The van der Waals surface area contributed by atoms with Crippen LogP contribution in [-0.4, -0.2) is 24.2 Å². The normalized spacial score (nSPS) is 11.4. The Morgan fingerprint density at radius 1 is 1.20 bits per heavy atom. The number of hydrogen-bond acceptors (Lipinski definition) is 2. The van der Waals surface area contributed by atoms with Crippen molar-refractivity contribution < 1.29 is 9.90 Å². The lowest BCUT2D eigenvalue weighted by atomic mass is 9.79. The molecule has 0 aliphatic rings. The summed E-state index contributed by atoms with van der Waals surface area (Å²) in [5.74, 6) is 0.0538. The van der Waals surface area contributed by atoms with E-state index in [0.29, 0.717) is 13.0 Å². The maximum absolute atomic E-state index is 12.0. The number of amides is 1. The van der Waals surface area contributed by atoms with Gasteiger partial charge in [0.15, 0.2) is 0 Å². The molecule has 20 heavy (non-hydrogen) atoms. The number of aliphatic hydroxyl groups excluding tert-OH is 1.